The predicted molar refractivity (Wildman–Crippen MR) is 156 cm³/mol. The van der Waals surface area contributed by atoms with Crippen molar-refractivity contribution in [3.05, 3.63) is 49.3 Å². The minimum atomic E-state index is -4.82. The number of aromatic nitrogens is 2. The number of carbonyl (C=O) groups is 1. The van der Waals surface area contributed by atoms with Gasteiger partial charge in [-0.25, -0.2) is 14.0 Å². The summed E-state index contributed by atoms with van der Waals surface area (Å²) in [4.78, 5) is 36.0. The molecular formula is C27H31ClF4N4O4S2. The highest BCUT2D eigenvalue weighted by Crippen LogP contribution is 2.45. The lowest BCUT2D eigenvalue weighted by Gasteiger charge is -2.45. The lowest BCUT2D eigenvalue weighted by molar-refractivity contribution is -0.137. The molecule has 2 N–H and O–H groups in total. The highest BCUT2D eigenvalue weighted by atomic mass is 35.5. The van der Waals surface area contributed by atoms with Crippen LogP contribution < -0.4 is 10.6 Å². The summed E-state index contributed by atoms with van der Waals surface area (Å²) in [7, 11) is 0. The maximum atomic E-state index is 14.2. The van der Waals surface area contributed by atoms with Crippen molar-refractivity contribution in [2.75, 3.05) is 30.3 Å². The normalized spacial score (nSPS) is 18.9. The van der Waals surface area contributed by atoms with Crippen LogP contribution in [0.3, 0.4) is 0 Å². The molecule has 0 aliphatic carbocycles. The first kappa shape index (κ1) is 32.4. The summed E-state index contributed by atoms with van der Waals surface area (Å²) in [6.07, 6.45) is -5.34. The summed E-state index contributed by atoms with van der Waals surface area (Å²) < 4.78 is 61.8. The number of aliphatic hydroxyl groups is 1. The maximum absolute atomic E-state index is 14.2. The number of nitrogens with zero attached hydrogens (tertiary/aromatic N) is 3. The molecule has 1 aliphatic rings. The van der Waals surface area contributed by atoms with Gasteiger partial charge in [-0.3, -0.25) is 4.90 Å². The Balaban J connectivity index is 1.77. The van der Waals surface area contributed by atoms with Gasteiger partial charge in [-0.2, -0.15) is 18.2 Å². The number of anilines is 1. The molecule has 2 aromatic heterocycles. The molecule has 1 saturated heterocycles. The van der Waals surface area contributed by atoms with Crippen molar-refractivity contribution in [1.29, 1.82) is 0 Å². The number of hydrogen-bond acceptors (Lipinski definition) is 8. The van der Waals surface area contributed by atoms with Gasteiger partial charge >= 0.3 is 18.0 Å². The zero-order valence-electron chi connectivity index (χ0n) is 23.5. The van der Waals surface area contributed by atoms with Crippen LogP contribution in [0.5, 0.6) is 0 Å². The minimum Gasteiger partial charge on any atom is -0.444 e. The number of benzene rings is 1. The van der Waals surface area contributed by atoms with E-state index < -0.39 is 58.0 Å². The molecule has 0 spiro atoms. The van der Waals surface area contributed by atoms with E-state index >= 15 is 0 Å². The number of aliphatic hydroxyl groups excluding tert-OH is 1. The third-order valence-corrected chi connectivity index (χ3v) is 9.51. The van der Waals surface area contributed by atoms with Crippen LogP contribution in [-0.4, -0.2) is 69.2 Å². The van der Waals surface area contributed by atoms with Gasteiger partial charge in [0.05, 0.1) is 39.7 Å². The van der Waals surface area contributed by atoms with Gasteiger partial charge in [0.15, 0.2) is 0 Å². The number of amides is 1. The smallest absolute Gasteiger partial charge is 0.417 e. The number of piperazine rings is 1. The quantitative estimate of drug-likeness (QED) is 0.232. The summed E-state index contributed by atoms with van der Waals surface area (Å²) in [5.74, 6) is -0.967. The molecule has 1 fully saturated rings. The molecule has 230 valence electrons. The van der Waals surface area contributed by atoms with E-state index in [1.165, 1.54) is 11.4 Å². The molecule has 8 nitrogen and oxygen atoms in total. The van der Waals surface area contributed by atoms with Gasteiger partial charge in [-0.15, -0.1) is 23.1 Å². The number of carbonyl (C=O) groups excluding carboxylic acids is 1. The van der Waals surface area contributed by atoms with Crippen LogP contribution in [0.15, 0.2) is 27.2 Å². The van der Waals surface area contributed by atoms with Crippen molar-refractivity contribution < 1.29 is 32.2 Å². The second-order valence-corrected chi connectivity index (χ2v) is 13.6. The molecule has 4 rings (SSSR count). The second-order valence-electron chi connectivity index (χ2n) is 11.2. The largest absolute Gasteiger partial charge is 0.444 e. The van der Waals surface area contributed by atoms with Crippen LogP contribution in [0.4, 0.5) is 28.2 Å². The van der Waals surface area contributed by atoms with Crippen LogP contribution in [-0.2, 0) is 10.9 Å². The van der Waals surface area contributed by atoms with Gasteiger partial charge in [0.2, 0.25) is 0 Å². The summed E-state index contributed by atoms with van der Waals surface area (Å²) in [6, 6.07) is 1.30. The Morgan fingerprint density at radius 3 is 2.43 bits per heavy atom. The zero-order valence-corrected chi connectivity index (χ0v) is 25.9. The fraction of sp³-hybridized carbons (Fsp3) is 0.519. The number of thioether (sulfide) groups is 1. The van der Waals surface area contributed by atoms with Crippen molar-refractivity contribution in [1.82, 2.24) is 14.9 Å². The highest BCUT2D eigenvalue weighted by molar-refractivity contribution is 7.99. The van der Waals surface area contributed by atoms with E-state index in [2.05, 4.69) is 9.97 Å². The van der Waals surface area contributed by atoms with Crippen molar-refractivity contribution in [2.45, 2.75) is 69.3 Å². The van der Waals surface area contributed by atoms with E-state index in [9.17, 15) is 32.3 Å². The molecule has 1 aliphatic heterocycles. The predicted octanol–water partition coefficient (Wildman–Crippen LogP) is 6.50. The number of alkyl halides is 3. The average Bonchev–Trinajstić information content (AvgIpc) is 3.28. The fourth-order valence-corrected chi connectivity index (χ4v) is 7.50. The summed E-state index contributed by atoms with van der Waals surface area (Å²) >= 11 is 8.33. The fourth-order valence-electron chi connectivity index (χ4n) is 4.93. The number of halogens is 5. The van der Waals surface area contributed by atoms with E-state index in [1.807, 2.05) is 0 Å². The third kappa shape index (κ3) is 6.98. The molecule has 3 heterocycles. The number of nitrogens with one attached hydrogen (secondary N) is 1. The Kier molecular flexibility index (Phi) is 9.41. The van der Waals surface area contributed by atoms with Crippen LogP contribution >= 0.6 is 34.7 Å². The highest BCUT2D eigenvalue weighted by Gasteiger charge is 2.39. The number of ether oxygens (including phenoxy) is 1. The number of rotatable bonds is 6. The molecule has 0 saturated carbocycles. The number of fused-ring (bicyclic) bond motifs is 1. The van der Waals surface area contributed by atoms with E-state index in [1.54, 1.807) is 44.4 Å². The average molecular weight is 651 g/mol. The second kappa shape index (κ2) is 12.2. The SMILES string of the molecule is CC1CN(c2nc(=O)[nH]c3c(SCC(CO)c4cc(F)cs4)c(Cl)c(C(F)(F)F)cc23)CC(C)N1C(=O)OC(C)(C)C. The molecule has 15 heteroatoms. The monoisotopic (exact) mass is 650 g/mol. The minimum absolute atomic E-state index is 0.0272. The molecule has 3 aromatic rings. The van der Waals surface area contributed by atoms with Crippen LogP contribution in [0.25, 0.3) is 10.9 Å². The van der Waals surface area contributed by atoms with Crippen LogP contribution in [0, 0.1) is 5.82 Å². The number of H-pyrrole nitrogens is 1. The van der Waals surface area contributed by atoms with Gasteiger partial charge in [-0.1, -0.05) is 11.6 Å². The molecular weight excluding hydrogens is 620 g/mol. The Bertz CT molecular complexity index is 1510. The van der Waals surface area contributed by atoms with E-state index in [0.717, 1.165) is 29.2 Å². The molecule has 3 atom stereocenters. The van der Waals surface area contributed by atoms with Gasteiger partial charge in [0.25, 0.3) is 0 Å². The number of hydrogen-bond donors (Lipinski definition) is 2. The van der Waals surface area contributed by atoms with Gasteiger partial charge in [0.1, 0.15) is 17.2 Å². The van der Waals surface area contributed by atoms with E-state index in [-0.39, 0.29) is 47.1 Å². The molecule has 0 radical (unpaired) electrons. The summed E-state index contributed by atoms with van der Waals surface area (Å²) in [6.45, 7) is 8.81. The first-order valence-electron chi connectivity index (χ1n) is 13.1. The van der Waals surface area contributed by atoms with Crippen LogP contribution in [0.2, 0.25) is 5.02 Å². The molecule has 1 aromatic carbocycles. The van der Waals surface area contributed by atoms with Crippen molar-refractivity contribution >= 4 is 57.5 Å². The number of thiophene rings is 1. The van der Waals surface area contributed by atoms with Crippen molar-refractivity contribution in [3.8, 4) is 0 Å². The van der Waals surface area contributed by atoms with Gasteiger partial charge in [-0.05, 0) is 46.8 Å². The van der Waals surface area contributed by atoms with E-state index in [4.69, 9.17) is 16.3 Å². The molecule has 0 bridgehead atoms. The topological polar surface area (TPSA) is 98.8 Å². The molecule has 42 heavy (non-hydrogen) atoms. The summed E-state index contributed by atoms with van der Waals surface area (Å²) in [5, 5.41) is 10.6. The van der Waals surface area contributed by atoms with Gasteiger partial charge < -0.3 is 19.7 Å². The van der Waals surface area contributed by atoms with Gasteiger partial charge in [0, 0.05) is 40.4 Å². The Morgan fingerprint density at radius 1 is 1.26 bits per heavy atom. The standard InChI is InChI=1S/C27H31ClF4N4O4S2/c1-13-8-35(9-14(2)36(13)25(39)40-26(3,4)5)23-17-7-18(27(30,31)32)20(28)22(21(17)33-24(38)34-23)42-11-15(10-37)19-6-16(29)12-41-19/h6-7,12-15,37H,8-11H2,1-5H3,(H,33,34,38). The van der Waals surface area contributed by atoms with Crippen molar-refractivity contribution in [3.63, 3.8) is 0 Å². The van der Waals surface area contributed by atoms with E-state index in [0.29, 0.717) is 4.88 Å². The molecule has 1 amide bonds. The maximum Gasteiger partial charge on any atom is 0.417 e. The third-order valence-electron chi connectivity index (χ3n) is 6.67. The summed E-state index contributed by atoms with van der Waals surface area (Å²) in [5.41, 5.74) is -2.54. The number of aromatic amines is 1. The zero-order chi connectivity index (χ0) is 31.1. The van der Waals surface area contributed by atoms with Crippen LogP contribution in [0.1, 0.15) is 51.0 Å². The Hall–Kier alpha value is -2.55. The lowest BCUT2D eigenvalue weighted by atomic mass is 10.1. The lowest BCUT2D eigenvalue weighted by Crippen LogP contribution is -2.59. The molecule has 3 unspecified atom stereocenters. The first-order valence-corrected chi connectivity index (χ1v) is 15.3. The Labute approximate surface area is 253 Å². The Morgan fingerprint density at radius 2 is 1.90 bits per heavy atom. The van der Waals surface area contributed by atoms with Crippen molar-refractivity contribution in [2.24, 2.45) is 0 Å². The first-order chi connectivity index (χ1) is 19.5.